The lowest BCUT2D eigenvalue weighted by Crippen LogP contribution is -2.59. The first-order chi connectivity index (χ1) is 17.6. The molecule has 1 amide bonds. The molecule has 0 spiro atoms. The molecule has 1 saturated heterocycles. The lowest BCUT2D eigenvalue weighted by Gasteiger charge is -2.48. The quantitative estimate of drug-likeness (QED) is 0.431. The first-order valence-electron chi connectivity index (χ1n) is 12.6. The van der Waals surface area contributed by atoms with Gasteiger partial charge in [-0.15, -0.1) is 11.3 Å². The van der Waals surface area contributed by atoms with Crippen molar-refractivity contribution in [3.05, 3.63) is 47.3 Å². The van der Waals surface area contributed by atoms with Crippen LogP contribution in [-0.2, 0) is 11.8 Å². The number of aromatic nitrogens is 5. The summed E-state index contributed by atoms with van der Waals surface area (Å²) in [6, 6.07) is 1.95. The fourth-order valence-corrected chi connectivity index (χ4v) is 6.40. The fourth-order valence-electron chi connectivity index (χ4n) is 5.58. The Bertz CT molecular complexity index is 1360. The molecular weight excluding hydrogens is 474 g/mol. The minimum absolute atomic E-state index is 0.00671. The van der Waals surface area contributed by atoms with Gasteiger partial charge in [0.2, 0.25) is 0 Å². The number of aryl methyl sites for hydroxylation is 1. The van der Waals surface area contributed by atoms with Crippen molar-refractivity contribution in [2.75, 3.05) is 32.8 Å². The molecule has 1 N–H and O–H groups in total. The zero-order valence-electron chi connectivity index (χ0n) is 20.5. The van der Waals surface area contributed by atoms with Gasteiger partial charge in [0.05, 0.1) is 30.5 Å². The van der Waals surface area contributed by atoms with Gasteiger partial charge in [0, 0.05) is 67.5 Å². The minimum Gasteiger partial charge on any atom is -0.379 e. The van der Waals surface area contributed by atoms with E-state index in [0.29, 0.717) is 11.4 Å². The monoisotopic (exact) mass is 505 g/mol. The summed E-state index contributed by atoms with van der Waals surface area (Å²) >= 11 is 1.47. The summed E-state index contributed by atoms with van der Waals surface area (Å²) in [7, 11) is 1.89. The van der Waals surface area contributed by atoms with Gasteiger partial charge in [-0.1, -0.05) is 19.3 Å². The van der Waals surface area contributed by atoms with E-state index in [1.807, 2.05) is 49.5 Å². The van der Waals surface area contributed by atoms with Crippen LogP contribution in [0, 0.1) is 0 Å². The van der Waals surface area contributed by atoms with Gasteiger partial charge in [0.25, 0.3) is 5.91 Å². The van der Waals surface area contributed by atoms with E-state index >= 15 is 0 Å². The van der Waals surface area contributed by atoms with E-state index < -0.39 is 0 Å². The van der Waals surface area contributed by atoms with E-state index in [2.05, 4.69) is 25.4 Å². The third-order valence-corrected chi connectivity index (χ3v) is 8.50. The van der Waals surface area contributed by atoms with Crippen LogP contribution >= 0.6 is 11.3 Å². The van der Waals surface area contributed by atoms with Crippen molar-refractivity contribution in [3.63, 3.8) is 0 Å². The van der Waals surface area contributed by atoms with Crippen molar-refractivity contribution in [2.24, 2.45) is 7.05 Å². The van der Waals surface area contributed by atoms with Crippen LogP contribution in [0.2, 0.25) is 0 Å². The van der Waals surface area contributed by atoms with E-state index in [4.69, 9.17) is 4.74 Å². The van der Waals surface area contributed by atoms with E-state index in [-0.39, 0.29) is 11.4 Å². The second-order valence-electron chi connectivity index (χ2n) is 9.84. The highest BCUT2D eigenvalue weighted by Crippen LogP contribution is 2.34. The van der Waals surface area contributed by atoms with Gasteiger partial charge >= 0.3 is 0 Å². The summed E-state index contributed by atoms with van der Waals surface area (Å²) in [4.78, 5) is 21.1. The fraction of sp³-hybridized carbons (Fsp3) is 0.462. The van der Waals surface area contributed by atoms with Gasteiger partial charge < -0.3 is 10.1 Å². The van der Waals surface area contributed by atoms with Crippen molar-refractivity contribution in [1.29, 1.82) is 0 Å². The highest BCUT2D eigenvalue weighted by Gasteiger charge is 2.39. The summed E-state index contributed by atoms with van der Waals surface area (Å²) in [6.07, 6.45) is 15.4. The Balaban J connectivity index is 1.18. The summed E-state index contributed by atoms with van der Waals surface area (Å²) in [5.74, 6) is -0.00671. The maximum atomic E-state index is 13.2. The van der Waals surface area contributed by atoms with Crippen LogP contribution in [0.4, 0.5) is 0 Å². The number of carbonyl (C=O) groups is 1. The number of thiophene rings is 1. The van der Waals surface area contributed by atoms with E-state index in [1.165, 1.54) is 30.6 Å². The molecule has 4 aromatic rings. The maximum absolute atomic E-state index is 13.2. The van der Waals surface area contributed by atoms with Crippen LogP contribution in [-0.4, -0.2) is 73.6 Å². The smallest absolute Gasteiger partial charge is 0.261 e. The van der Waals surface area contributed by atoms with Gasteiger partial charge in [-0.2, -0.15) is 10.2 Å². The Kier molecular flexibility index (Phi) is 6.32. The van der Waals surface area contributed by atoms with Crippen LogP contribution < -0.4 is 5.32 Å². The third-order valence-electron chi connectivity index (χ3n) is 7.57. The molecule has 0 unspecified atom stereocenters. The van der Waals surface area contributed by atoms with E-state index in [9.17, 15) is 4.79 Å². The lowest BCUT2D eigenvalue weighted by molar-refractivity contribution is -0.0361. The number of morpholine rings is 1. The Hall–Kier alpha value is -3.08. The Labute approximate surface area is 214 Å². The molecule has 9 nitrogen and oxygen atoms in total. The topological polar surface area (TPSA) is 89.6 Å². The first-order valence-corrected chi connectivity index (χ1v) is 13.5. The molecule has 5 heterocycles. The van der Waals surface area contributed by atoms with Crippen molar-refractivity contribution in [3.8, 4) is 22.3 Å². The molecular formula is C26H31N7O2S. The Morgan fingerprint density at radius 2 is 1.86 bits per heavy atom. The second kappa shape index (κ2) is 9.76. The minimum atomic E-state index is -0.00671. The third kappa shape index (κ3) is 4.44. The van der Waals surface area contributed by atoms with Gasteiger partial charge in [0.1, 0.15) is 0 Å². The standard InChI is InChI=1S/C26H31N7O2S/c1-31-15-21(13-29-31)20-12-27-24-22(14-30-33(24)16-20)19-11-23(36-17-19)25(34)28-18-26(5-3-2-4-6-26)32-7-9-35-10-8-32/h11-17H,2-10,18H2,1H3,(H,28,34). The molecule has 0 radical (unpaired) electrons. The molecule has 1 aliphatic carbocycles. The largest absolute Gasteiger partial charge is 0.379 e. The summed E-state index contributed by atoms with van der Waals surface area (Å²) < 4.78 is 9.13. The number of fused-ring (bicyclic) bond motifs is 1. The Morgan fingerprint density at radius 3 is 2.64 bits per heavy atom. The van der Waals surface area contributed by atoms with Crippen LogP contribution in [0.25, 0.3) is 27.9 Å². The number of nitrogens with zero attached hydrogens (tertiary/aromatic N) is 6. The molecule has 1 saturated carbocycles. The number of hydrogen-bond acceptors (Lipinski definition) is 7. The SMILES string of the molecule is Cn1cc(-c2cnc3c(-c4csc(C(=O)NCC5(N6CCOCC6)CCCCC5)c4)cnn3c2)cn1. The Morgan fingerprint density at radius 1 is 1.06 bits per heavy atom. The zero-order chi connectivity index (χ0) is 24.5. The second-order valence-corrected chi connectivity index (χ2v) is 10.7. The lowest BCUT2D eigenvalue weighted by atomic mass is 9.79. The number of nitrogens with one attached hydrogen (secondary N) is 1. The van der Waals surface area contributed by atoms with E-state index in [1.54, 1.807) is 9.20 Å². The molecule has 4 aromatic heterocycles. The number of hydrogen-bond donors (Lipinski definition) is 1. The van der Waals surface area contributed by atoms with Gasteiger partial charge in [0.15, 0.2) is 5.65 Å². The predicted octanol–water partition coefficient (Wildman–Crippen LogP) is 3.62. The van der Waals surface area contributed by atoms with Crippen LogP contribution in [0.15, 0.2) is 42.4 Å². The molecule has 2 aliphatic rings. The molecule has 0 aromatic carbocycles. The van der Waals surface area contributed by atoms with Crippen LogP contribution in [0.1, 0.15) is 41.8 Å². The maximum Gasteiger partial charge on any atom is 0.261 e. The predicted molar refractivity (Wildman–Crippen MR) is 139 cm³/mol. The summed E-state index contributed by atoms with van der Waals surface area (Å²) in [5, 5.41) is 14.0. The molecule has 6 rings (SSSR count). The van der Waals surface area contributed by atoms with Crippen molar-refractivity contribution in [2.45, 2.75) is 37.6 Å². The van der Waals surface area contributed by atoms with Crippen LogP contribution in [0.5, 0.6) is 0 Å². The average Bonchev–Trinajstić information content (AvgIpc) is 3.67. The number of ether oxygens (including phenoxy) is 1. The summed E-state index contributed by atoms with van der Waals surface area (Å²) in [5.41, 5.74) is 4.64. The molecule has 0 atom stereocenters. The molecule has 2 fully saturated rings. The van der Waals surface area contributed by atoms with Gasteiger partial charge in [-0.05, 0) is 29.9 Å². The normalized spacial score (nSPS) is 18.5. The average molecular weight is 506 g/mol. The van der Waals surface area contributed by atoms with Gasteiger partial charge in [-0.25, -0.2) is 9.50 Å². The van der Waals surface area contributed by atoms with Crippen LogP contribution in [0.3, 0.4) is 0 Å². The van der Waals surface area contributed by atoms with Crippen molar-refractivity contribution >= 4 is 22.9 Å². The zero-order valence-corrected chi connectivity index (χ0v) is 21.3. The highest BCUT2D eigenvalue weighted by molar-refractivity contribution is 7.12. The van der Waals surface area contributed by atoms with Crippen molar-refractivity contribution in [1.82, 2.24) is 34.6 Å². The van der Waals surface area contributed by atoms with Gasteiger partial charge in [-0.3, -0.25) is 14.4 Å². The molecule has 0 bridgehead atoms. The first kappa shape index (κ1) is 23.3. The molecule has 36 heavy (non-hydrogen) atoms. The molecule has 1 aliphatic heterocycles. The van der Waals surface area contributed by atoms with Crippen molar-refractivity contribution < 1.29 is 9.53 Å². The molecule has 188 valence electrons. The highest BCUT2D eigenvalue weighted by atomic mass is 32.1. The number of amides is 1. The summed E-state index contributed by atoms with van der Waals surface area (Å²) in [6.45, 7) is 4.14. The van der Waals surface area contributed by atoms with E-state index in [0.717, 1.165) is 67.0 Å². The number of rotatable bonds is 6. The molecule has 10 heteroatoms. The number of carbonyl (C=O) groups excluding carboxylic acids is 1.